The summed E-state index contributed by atoms with van der Waals surface area (Å²) in [5.41, 5.74) is 3.88. The van der Waals surface area contributed by atoms with E-state index in [1.54, 1.807) is 4.68 Å². The van der Waals surface area contributed by atoms with E-state index < -0.39 is 0 Å². The molecule has 0 bridgehead atoms. The van der Waals surface area contributed by atoms with Gasteiger partial charge in [0.15, 0.2) is 0 Å². The number of hydrogen-bond acceptors (Lipinski definition) is 5. The molecule has 1 atom stereocenters. The highest BCUT2D eigenvalue weighted by molar-refractivity contribution is 5.83. The van der Waals surface area contributed by atoms with Gasteiger partial charge in [-0.15, -0.1) is 0 Å². The molecule has 5 rings (SSSR count). The van der Waals surface area contributed by atoms with Crippen LogP contribution in [0.3, 0.4) is 0 Å². The largest absolute Gasteiger partial charge is 0.426 e. The molecule has 3 aromatic rings. The normalized spacial score (nSPS) is 19.2. The molecular formula is C22H22N4O2. The summed E-state index contributed by atoms with van der Waals surface area (Å²) < 4.78 is 7.51. The van der Waals surface area contributed by atoms with Gasteiger partial charge < -0.3 is 15.0 Å². The van der Waals surface area contributed by atoms with Crippen molar-refractivity contribution in [1.82, 2.24) is 15.1 Å². The standard InChI is InChI=1S/C22H22N4O2/c27-22-19(20-8-11-26(24-20)17-4-2-1-3-5-17)14-16-6-7-18(15-21(16)28-22)25-12-9-23-10-13-25/h1-8,11,15,19,23H,9-10,12-14H2. The van der Waals surface area contributed by atoms with Gasteiger partial charge in [0.1, 0.15) is 11.7 Å². The van der Waals surface area contributed by atoms with Gasteiger partial charge in [-0.1, -0.05) is 24.3 Å². The maximum atomic E-state index is 12.7. The van der Waals surface area contributed by atoms with Crippen LogP contribution in [0.1, 0.15) is 17.2 Å². The van der Waals surface area contributed by atoms with E-state index >= 15 is 0 Å². The Kier molecular flexibility index (Phi) is 4.33. The first-order chi connectivity index (χ1) is 13.8. The summed E-state index contributed by atoms with van der Waals surface area (Å²) in [5, 5.41) is 7.97. The molecule has 2 aliphatic heterocycles. The molecule has 2 aliphatic rings. The first kappa shape index (κ1) is 17.0. The zero-order chi connectivity index (χ0) is 18.9. The summed E-state index contributed by atoms with van der Waals surface area (Å²) in [6.07, 6.45) is 2.50. The molecule has 3 heterocycles. The summed E-state index contributed by atoms with van der Waals surface area (Å²) in [4.78, 5) is 15.0. The van der Waals surface area contributed by atoms with Crippen LogP contribution in [-0.4, -0.2) is 41.9 Å². The zero-order valence-corrected chi connectivity index (χ0v) is 15.5. The molecule has 0 saturated carbocycles. The predicted molar refractivity (Wildman–Crippen MR) is 107 cm³/mol. The Hall–Kier alpha value is -3.12. The molecule has 1 aromatic heterocycles. The van der Waals surface area contributed by atoms with Gasteiger partial charge in [-0.2, -0.15) is 5.10 Å². The Morgan fingerprint density at radius 3 is 2.64 bits per heavy atom. The fourth-order valence-electron chi connectivity index (χ4n) is 3.88. The second-order valence-electron chi connectivity index (χ2n) is 7.23. The highest BCUT2D eigenvalue weighted by Gasteiger charge is 2.32. The summed E-state index contributed by atoms with van der Waals surface area (Å²) in [6, 6.07) is 18.0. The van der Waals surface area contributed by atoms with Crippen molar-refractivity contribution in [1.29, 1.82) is 0 Å². The summed E-state index contributed by atoms with van der Waals surface area (Å²) >= 11 is 0. The fraction of sp³-hybridized carbons (Fsp3) is 0.273. The zero-order valence-electron chi connectivity index (χ0n) is 15.5. The minimum Gasteiger partial charge on any atom is -0.426 e. The number of aromatic nitrogens is 2. The number of esters is 1. The van der Waals surface area contributed by atoms with Crippen LogP contribution in [-0.2, 0) is 11.2 Å². The van der Waals surface area contributed by atoms with Gasteiger partial charge in [-0.25, -0.2) is 4.68 Å². The van der Waals surface area contributed by atoms with Crippen molar-refractivity contribution < 1.29 is 9.53 Å². The monoisotopic (exact) mass is 374 g/mol. The van der Waals surface area contributed by atoms with Gasteiger partial charge in [0, 0.05) is 44.1 Å². The third-order valence-corrected chi connectivity index (χ3v) is 5.44. The molecule has 0 amide bonds. The molecule has 2 aromatic carbocycles. The van der Waals surface area contributed by atoms with E-state index in [9.17, 15) is 4.79 Å². The van der Waals surface area contributed by atoms with Gasteiger partial charge in [0.2, 0.25) is 0 Å². The van der Waals surface area contributed by atoms with Crippen LogP contribution < -0.4 is 15.0 Å². The lowest BCUT2D eigenvalue weighted by Crippen LogP contribution is -2.43. The fourth-order valence-corrected chi connectivity index (χ4v) is 3.88. The summed E-state index contributed by atoms with van der Waals surface area (Å²) in [6.45, 7) is 3.88. The molecule has 0 spiro atoms. The highest BCUT2D eigenvalue weighted by atomic mass is 16.5. The molecule has 28 heavy (non-hydrogen) atoms. The molecule has 1 saturated heterocycles. The van der Waals surface area contributed by atoms with Crippen molar-refractivity contribution in [2.24, 2.45) is 0 Å². The molecule has 142 valence electrons. The Morgan fingerprint density at radius 1 is 1.00 bits per heavy atom. The van der Waals surface area contributed by atoms with Gasteiger partial charge in [0.05, 0.1) is 11.4 Å². The van der Waals surface area contributed by atoms with Gasteiger partial charge in [-0.3, -0.25) is 4.79 Å². The Labute approximate surface area is 163 Å². The first-order valence-electron chi connectivity index (χ1n) is 9.69. The molecule has 1 unspecified atom stereocenters. The number of anilines is 1. The van der Waals surface area contributed by atoms with Crippen molar-refractivity contribution in [2.75, 3.05) is 31.1 Å². The lowest BCUT2D eigenvalue weighted by Gasteiger charge is -2.31. The molecular weight excluding hydrogens is 352 g/mol. The second kappa shape index (κ2) is 7.13. The quantitative estimate of drug-likeness (QED) is 0.564. The van der Waals surface area contributed by atoms with Crippen molar-refractivity contribution in [2.45, 2.75) is 12.3 Å². The topological polar surface area (TPSA) is 59.4 Å². The van der Waals surface area contributed by atoms with Crippen LogP contribution >= 0.6 is 0 Å². The number of nitrogens with zero attached hydrogens (tertiary/aromatic N) is 3. The summed E-state index contributed by atoms with van der Waals surface area (Å²) in [7, 11) is 0. The molecule has 6 nitrogen and oxygen atoms in total. The van der Waals surface area contributed by atoms with Gasteiger partial charge >= 0.3 is 5.97 Å². The van der Waals surface area contributed by atoms with Crippen molar-refractivity contribution in [3.8, 4) is 11.4 Å². The second-order valence-corrected chi connectivity index (χ2v) is 7.23. The molecule has 0 radical (unpaired) electrons. The van der Waals surface area contributed by atoms with Crippen LogP contribution in [0.5, 0.6) is 5.75 Å². The number of para-hydroxylation sites is 1. The Bertz CT molecular complexity index is 993. The van der Waals surface area contributed by atoms with E-state index in [0.717, 1.165) is 48.8 Å². The number of rotatable bonds is 3. The van der Waals surface area contributed by atoms with Gasteiger partial charge in [0.25, 0.3) is 0 Å². The number of carbonyl (C=O) groups is 1. The number of nitrogens with one attached hydrogen (secondary N) is 1. The number of carbonyl (C=O) groups excluding carboxylic acids is 1. The van der Waals surface area contributed by atoms with E-state index in [2.05, 4.69) is 27.4 Å². The number of benzene rings is 2. The van der Waals surface area contributed by atoms with E-state index in [4.69, 9.17) is 4.74 Å². The smallest absolute Gasteiger partial charge is 0.320 e. The summed E-state index contributed by atoms with van der Waals surface area (Å²) in [5.74, 6) is 0.0746. The van der Waals surface area contributed by atoms with E-state index in [0.29, 0.717) is 12.2 Å². The maximum Gasteiger partial charge on any atom is 0.320 e. The maximum absolute atomic E-state index is 12.7. The first-order valence-corrected chi connectivity index (χ1v) is 9.69. The lowest BCUT2D eigenvalue weighted by atomic mass is 9.93. The minimum atomic E-state index is -0.373. The van der Waals surface area contributed by atoms with E-state index in [-0.39, 0.29) is 11.9 Å². The van der Waals surface area contributed by atoms with Crippen LogP contribution in [0.25, 0.3) is 5.69 Å². The van der Waals surface area contributed by atoms with E-state index in [1.807, 2.05) is 48.7 Å². The highest BCUT2D eigenvalue weighted by Crippen LogP contribution is 2.35. The molecule has 6 heteroatoms. The van der Waals surface area contributed by atoms with Crippen LogP contribution in [0.2, 0.25) is 0 Å². The molecule has 1 fully saturated rings. The van der Waals surface area contributed by atoms with Crippen LogP contribution in [0.4, 0.5) is 5.69 Å². The third-order valence-electron chi connectivity index (χ3n) is 5.44. The molecule has 0 aliphatic carbocycles. The van der Waals surface area contributed by atoms with Crippen LogP contribution in [0.15, 0.2) is 60.8 Å². The average molecular weight is 374 g/mol. The van der Waals surface area contributed by atoms with Crippen LogP contribution in [0, 0.1) is 0 Å². The number of hydrogen-bond donors (Lipinski definition) is 1. The van der Waals surface area contributed by atoms with Crippen molar-refractivity contribution in [3.63, 3.8) is 0 Å². The Balaban J connectivity index is 1.38. The van der Waals surface area contributed by atoms with Crippen molar-refractivity contribution >= 4 is 11.7 Å². The lowest BCUT2D eigenvalue weighted by molar-refractivity contribution is -0.137. The Morgan fingerprint density at radius 2 is 1.82 bits per heavy atom. The SMILES string of the molecule is O=C1Oc2cc(N3CCNCC3)ccc2CC1c1ccn(-c2ccccc2)n1. The number of fused-ring (bicyclic) bond motifs is 1. The third kappa shape index (κ3) is 3.16. The minimum absolute atomic E-state index is 0.233. The number of piperazine rings is 1. The van der Waals surface area contributed by atoms with E-state index in [1.165, 1.54) is 0 Å². The predicted octanol–water partition coefficient (Wildman–Crippen LogP) is 2.53. The molecule has 1 N–H and O–H groups in total. The van der Waals surface area contributed by atoms with Gasteiger partial charge in [-0.05, 0) is 36.2 Å². The van der Waals surface area contributed by atoms with Crippen molar-refractivity contribution in [3.05, 3.63) is 72.1 Å². The number of ether oxygens (including phenoxy) is 1. The average Bonchev–Trinajstić information content (AvgIpc) is 3.24.